The van der Waals surface area contributed by atoms with Gasteiger partial charge in [-0.3, -0.25) is 0 Å². The Bertz CT molecular complexity index is 1210. The van der Waals surface area contributed by atoms with Gasteiger partial charge in [0.05, 0.1) is 13.2 Å². The van der Waals surface area contributed by atoms with Gasteiger partial charge < -0.3 is 13.9 Å². The third kappa shape index (κ3) is 5.38. The fourth-order valence-corrected chi connectivity index (χ4v) is 4.02. The Balaban J connectivity index is 2.30. The van der Waals surface area contributed by atoms with Crippen molar-refractivity contribution in [2.75, 3.05) is 13.2 Å². The molecule has 0 aliphatic carbocycles. The van der Waals surface area contributed by atoms with Gasteiger partial charge in [-0.15, -0.1) is 0 Å². The molecular weight excluding hydrogens is 424 g/mol. The number of furan rings is 1. The number of carbonyl (C=O) groups excluding carboxylic acids is 1. The molecular formula is C30H38O4. The molecule has 3 rings (SSSR count). The summed E-state index contributed by atoms with van der Waals surface area (Å²) in [6, 6.07) is 12.6. The van der Waals surface area contributed by atoms with E-state index in [4.69, 9.17) is 13.9 Å². The largest absolute Gasteiger partial charge is 0.493 e. The van der Waals surface area contributed by atoms with Gasteiger partial charge in [-0.05, 0) is 54.9 Å². The number of esters is 1. The van der Waals surface area contributed by atoms with E-state index in [2.05, 4.69) is 59.7 Å². The van der Waals surface area contributed by atoms with Crippen LogP contribution in [0.25, 0.3) is 27.7 Å². The van der Waals surface area contributed by atoms with Crippen LogP contribution in [-0.4, -0.2) is 19.2 Å². The summed E-state index contributed by atoms with van der Waals surface area (Å²) < 4.78 is 17.7. The van der Waals surface area contributed by atoms with Crippen molar-refractivity contribution in [2.24, 2.45) is 0 Å². The third-order valence-corrected chi connectivity index (χ3v) is 5.90. The maximum atomic E-state index is 12.0. The number of allylic oxidation sites excluding steroid dienone is 1. The van der Waals surface area contributed by atoms with Crippen LogP contribution in [0.15, 0.2) is 46.9 Å². The second-order valence-corrected chi connectivity index (χ2v) is 10.7. The van der Waals surface area contributed by atoms with Crippen molar-refractivity contribution in [3.05, 3.63) is 59.4 Å². The molecule has 1 aromatic heterocycles. The zero-order valence-corrected chi connectivity index (χ0v) is 22.1. The standard InChI is InChI=1S/C30H38O4/c1-10-32-26(31)15-19(3)25-16-20-13-12-14-22(27(20)34-25)23-17-21(29(4,5)6)18-24(30(7,8)9)28(23)33-11-2/h12-18H,10-11H2,1-9H3/b19-15-. The lowest BCUT2D eigenvalue weighted by molar-refractivity contribution is -0.137. The number of hydrogen-bond acceptors (Lipinski definition) is 4. The van der Waals surface area contributed by atoms with E-state index in [0.717, 1.165) is 33.4 Å². The lowest BCUT2D eigenvalue weighted by Crippen LogP contribution is -2.18. The maximum absolute atomic E-state index is 12.0. The summed E-state index contributed by atoms with van der Waals surface area (Å²) in [7, 11) is 0. The molecule has 0 N–H and O–H groups in total. The minimum atomic E-state index is -0.369. The molecule has 0 atom stereocenters. The molecule has 0 spiro atoms. The van der Waals surface area contributed by atoms with Gasteiger partial charge in [0.15, 0.2) is 0 Å². The van der Waals surface area contributed by atoms with E-state index in [-0.39, 0.29) is 16.8 Å². The van der Waals surface area contributed by atoms with Crippen molar-refractivity contribution >= 4 is 22.5 Å². The SMILES string of the molecule is CCOC(=O)/C=C(/C)c1cc2cccc(-c3cc(C(C)(C)C)cc(C(C)(C)C)c3OCC)c2o1. The van der Waals surface area contributed by atoms with Crippen LogP contribution in [0.1, 0.15) is 79.2 Å². The average molecular weight is 463 g/mol. The Morgan fingerprint density at radius 1 is 0.941 bits per heavy atom. The van der Waals surface area contributed by atoms with Crippen molar-refractivity contribution in [2.45, 2.75) is 73.1 Å². The van der Waals surface area contributed by atoms with Crippen LogP contribution in [0.2, 0.25) is 0 Å². The van der Waals surface area contributed by atoms with E-state index in [1.54, 1.807) is 6.92 Å². The van der Waals surface area contributed by atoms with Gasteiger partial charge in [0, 0.05) is 28.2 Å². The average Bonchev–Trinajstić information content (AvgIpc) is 3.17. The van der Waals surface area contributed by atoms with Gasteiger partial charge in [-0.1, -0.05) is 65.8 Å². The highest BCUT2D eigenvalue weighted by Crippen LogP contribution is 2.45. The summed E-state index contributed by atoms with van der Waals surface area (Å²) in [6.07, 6.45) is 1.48. The molecule has 1 heterocycles. The molecule has 2 aromatic carbocycles. The molecule has 0 unspecified atom stereocenters. The zero-order valence-electron chi connectivity index (χ0n) is 22.1. The predicted molar refractivity (Wildman–Crippen MR) is 141 cm³/mol. The van der Waals surface area contributed by atoms with Crippen molar-refractivity contribution in [3.8, 4) is 16.9 Å². The quantitative estimate of drug-likeness (QED) is 0.274. The summed E-state index contributed by atoms with van der Waals surface area (Å²) in [5, 5.41) is 0.977. The van der Waals surface area contributed by atoms with Crippen molar-refractivity contribution in [3.63, 3.8) is 0 Å². The highest BCUT2D eigenvalue weighted by molar-refractivity contribution is 5.97. The highest BCUT2D eigenvalue weighted by atomic mass is 16.5. The molecule has 3 aromatic rings. The van der Waals surface area contributed by atoms with Crippen LogP contribution in [0.3, 0.4) is 0 Å². The molecule has 34 heavy (non-hydrogen) atoms. The van der Waals surface area contributed by atoms with Crippen LogP contribution in [0, 0.1) is 0 Å². The van der Waals surface area contributed by atoms with E-state index < -0.39 is 0 Å². The van der Waals surface area contributed by atoms with Gasteiger partial charge in [0.25, 0.3) is 0 Å². The van der Waals surface area contributed by atoms with E-state index in [9.17, 15) is 4.79 Å². The summed E-state index contributed by atoms with van der Waals surface area (Å²) >= 11 is 0. The summed E-state index contributed by atoms with van der Waals surface area (Å²) in [5.74, 6) is 1.18. The fraction of sp³-hybridized carbons (Fsp3) is 0.433. The molecule has 0 bridgehead atoms. The molecule has 4 heteroatoms. The van der Waals surface area contributed by atoms with Gasteiger partial charge >= 0.3 is 5.97 Å². The second kappa shape index (κ2) is 9.69. The molecule has 0 saturated heterocycles. The fourth-order valence-electron chi connectivity index (χ4n) is 4.02. The first-order valence-electron chi connectivity index (χ1n) is 12.1. The first-order chi connectivity index (χ1) is 15.9. The Morgan fingerprint density at radius 3 is 2.24 bits per heavy atom. The number of carbonyl (C=O) groups is 1. The van der Waals surface area contributed by atoms with Gasteiger partial charge in [0.1, 0.15) is 17.1 Å². The number of ether oxygens (including phenoxy) is 2. The number of para-hydroxylation sites is 1. The van der Waals surface area contributed by atoms with E-state index in [1.165, 1.54) is 17.2 Å². The van der Waals surface area contributed by atoms with Gasteiger partial charge in [-0.2, -0.15) is 0 Å². The second-order valence-electron chi connectivity index (χ2n) is 10.7. The van der Waals surface area contributed by atoms with E-state index >= 15 is 0 Å². The molecule has 182 valence electrons. The van der Waals surface area contributed by atoms with Gasteiger partial charge in [0.2, 0.25) is 0 Å². The lowest BCUT2D eigenvalue weighted by Gasteiger charge is -2.29. The van der Waals surface area contributed by atoms with E-state index in [0.29, 0.717) is 19.0 Å². The maximum Gasteiger partial charge on any atom is 0.331 e. The van der Waals surface area contributed by atoms with Crippen molar-refractivity contribution < 1.29 is 18.7 Å². The van der Waals surface area contributed by atoms with Crippen molar-refractivity contribution in [1.29, 1.82) is 0 Å². The Morgan fingerprint density at radius 2 is 1.65 bits per heavy atom. The normalized spacial score (nSPS) is 12.8. The summed E-state index contributed by atoms with van der Waals surface area (Å²) in [5.41, 5.74) is 5.82. The monoisotopic (exact) mass is 462 g/mol. The van der Waals surface area contributed by atoms with Crippen LogP contribution < -0.4 is 4.74 Å². The Labute approximate surface area is 204 Å². The topological polar surface area (TPSA) is 48.7 Å². The molecule has 0 radical (unpaired) electrons. The van der Waals surface area contributed by atoms with E-state index in [1.807, 2.05) is 32.0 Å². The number of rotatable bonds is 6. The van der Waals surface area contributed by atoms with Crippen LogP contribution in [0.5, 0.6) is 5.75 Å². The first kappa shape index (κ1) is 25.6. The minimum absolute atomic E-state index is 0.0271. The predicted octanol–water partition coefficient (Wildman–Crippen LogP) is 8.06. The van der Waals surface area contributed by atoms with Gasteiger partial charge in [-0.25, -0.2) is 4.79 Å². The third-order valence-electron chi connectivity index (χ3n) is 5.90. The Hall–Kier alpha value is -3.01. The smallest absolute Gasteiger partial charge is 0.331 e. The molecule has 0 aliphatic heterocycles. The van der Waals surface area contributed by atoms with Crippen LogP contribution in [0.4, 0.5) is 0 Å². The van der Waals surface area contributed by atoms with Crippen LogP contribution >= 0.6 is 0 Å². The number of benzene rings is 2. The zero-order chi connectivity index (χ0) is 25.3. The summed E-state index contributed by atoms with van der Waals surface area (Å²) in [4.78, 5) is 12.0. The molecule has 0 aliphatic rings. The number of hydrogen-bond donors (Lipinski definition) is 0. The molecule has 0 saturated carbocycles. The minimum Gasteiger partial charge on any atom is -0.493 e. The molecule has 4 nitrogen and oxygen atoms in total. The number of fused-ring (bicyclic) bond motifs is 1. The lowest BCUT2D eigenvalue weighted by atomic mass is 9.78. The summed E-state index contributed by atoms with van der Waals surface area (Å²) in [6.45, 7) is 19.9. The molecule has 0 fully saturated rings. The van der Waals surface area contributed by atoms with Crippen LogP contribution in [-0.2, 0) is 20.4 Å². The highest BCUT2D eigenvalue weighted by Gasteiger charge is 2.27. The Kier molecular flexibility index (Phi) is 7.30. The molecule has 0 amide bonds. The van der Waals surface area contributed by atoms with Crippen molar-refractivity contribution in [1.82, 2.24) is 0 Å². The first-order valence-corrected chi connectivity index (χ1v) is 12.1.